The van der Waals surface area contributed by atoms with Crippen molar-refractivity contribution in [2.75, 3.05) is 13.1 Å². The molecule has 1 aromatic heterocycles. The number of hydrogen-bond donors (Lipinski definition) is 1. The van der Waals surface area contributed by atoms with Gasteiger partial charge in [-0.1, -0.05) is 32.0 Å². The summed E-state index contributed by atoms with van der Waals surface area (Å²) >= 11 is 0. The van der Waals surface area contributed by atoms with E-state index in [9.17, 15) is 9.59 Å². The molecule has 0 saturated carbocycles. The van der Waals surface area contributed by atoms with Gasteiger partial charge in [0.25, 0.3) is 5.91 Å². The Labute approximate surface area is 158 Å². The van der Waals surface area contributed by atoms with Crippen molar-refractivity contribution in [3.05, 3.63) is 48.2 Å². The maximum Gasteiger partial charge on any atom is 0.273 e. The van der Waals surface area contributed by atoms with Crippen LogP contribution in [0.1, 0.15) is 43.1 Å². The van der Waals surface area contributed by atoms with Crippen LogP contribution in [-0.2, 0) is 11.4 Å². The van der Waals surface area contributed by atoms with Crippen molar-refractivity contribution in [1.29, 1.82) is 0 Å². The van der Waals surface area contributed by atoms with Gasteiger partial charge in [0.15, 0.2) is 12.3 Å². The third-order valence-electron chi connectivity index (χ3n) is 4.45. The molecular formula is C20H25N3O4. The molecule has 3 rings (SSSR count). The Bertz CT molecular complexity index is 773. The minimum atomic E-state index is -0.298. The molecule has 0 radical (unpaired) electrons. The number of benzene rings is 1. The van der Waals surface area contributed by atoms with Gasteiger partial charge in [-0.2, -0.15) is 0 Å². The average molecular weight is 371 g/mol. The first-order valence-corrected chi connectivity index (χ1v) is 9.25. The third-order valence-corrected chi connectivity index (χ3v) is 4.45. The average Bonchev–Trinajstić information content (AvgIpc) is 3.16. The summed E-state index contributed by atoms with van der Waals surface area (Å²) in [6.45, 7) is 5.20. The molecule has 0 bridgehead atoms. The fourth-order valence-electron chi connectivity index (χ4n) is 3.06. The van der Waals surface area contributed by atoms with E-state index in [1.807, 2.05) is 49.1 Å². The Balaban J connectivity index is 1.52. The molecule has 2 heterocycles. The number of piperidine rings is 1. The second kappa shape index (κ2) is 8.70. The van der Waals surface area contributed by atoms with Gasteiger partial charge in [0.1, 0.15) is 12.0 Å². The highest BCUT2D eigenvalue weighted by Crippen LogP contribution is 2.15. The van der Waals surface area contributed by atoms with Gasteiger partial charge < -0.3 is 19.4 Å². The van der Waals surface area contributed by atoms with Crippen molar-refractivity contribution in [2.24, 2.45) is 5.92 Å². The third kappa shape index (κ3) is 5.09. The molecular weight excluding hydrogens is 346 g/mol. The fourth-order valence-corrected chi connectivity index (χ4v) is 3.06. The van der Waals surface area contributed by atoms with Crippen molar-refractivity contribution in [3.8, 4) is 5.75 Å². The zero-order chi connectivity index (χ0) is 19.2. The molecule has 1 aliphatic rings. The Hall–Kier alpha value is -2.83. The minimum Gasteiger partial charge on any atom is -0.484 e. The molecule has 7 heteroatoms. The second-order valence-corrected chi connectivity index (χ2v) is 6.98. The van der Waals surface area contributed by atoms with E-state index in [1.54, 1.807) is 0 Å². The van der Waals surface area contributed by atoms with Crippen LogP contribution in [0.3, 0.4) is 0 Å². The van der Waals surface area contributed by atoms with Gasteiger partial charge >= 0.3 is 0 Å². The summed E-state index contributed by atoms with van der Waals surface area (Å²) in [5.74, 6) is 0.828. The van der Waals surface area contributed by atoms with Gasteiger partial charge in [0, 0.05) is 25.0 Å². The molecule has 1 N–H and O–H groups in total. The summed E-state index contributed by atoms with van der Waals surface area (Å²) in [4.78, 5) is 30.6. The number of carbonyl (C=O) groups is 2. The van der Waals surface area contributed by atoms with Gasteiger partial charge in [-0.25, -0.2) is 4.98 Å². The van der Waals surface area contributed by atoms with E-state index in [0.717, 1.165) is 19.4 Å². The molecule has 2 amide bonds. The highest BCUT2D eigenvalue weighted by Gasteiger charge is 2.27. The minimum absolute atomic E-state index is 0.0397. The summed E-state index contributed by atoms with van der Waals surface area (Å²) in [6, 6.07) is 9.26. The largest absolute Gasteiger partial charge is 0.484 e. The highest BCUT2D eigenvalue weighted by molar-refractivity contribution is 5.92. The van der Waals surface area contributed by atoms with Gasteiger partial charge in [-0.15, -0.1) is 0 Å². The van der Waals surface area contributed by atoms with Crippen LogP contribution in [-0.4, -0.2) is 40.8 Å². The summed E-state index contributed by atoms with van der Waals surface area (Å²) in [5.41, 5.74) is 0.217. The number of likely N-dealkylation sites (tertiary alicyclic amines) is 1. The molecule has 0 spiro atoms. The highest BCUT2D eigenvalue weighted by atomic mass is 16.5. The standard InChI is InChI=1S/C20H25N3O4/c1-14(2)20(25)23-10-6-7-15(11-23)21-19(24)17-12-27-18(22-17)13-26-16-8-4-3-5-9-16/h3-5,8-9,12,14-15H,6-7,10-11,13H2,1-2H3,(H,21,24)/t15-/m0/s1. The van der Waals surface area contributed by atoms with Crippen molar-refractivity contribution in [2.45, 2.75) is 39.3 Å². The van der Waals surface area contributed by atoms with Crippen molar-refractivity contribution in [1.82, 2.24) is 15.2 Å². The van der Waals surface area contributed by atoms with Crippen LogP contribution in [0.2, 0.25) is 0 Å². The number of ether oxygens (including phenoxy) is 1. The number of rotatable bonds is 6. The van der Waals surface area contributed by atoms with E-state index < -0.39 is 0 Å². The molecule has 1 aliphatic heterocycles. The summed E-state index contributed by atoms with van der Waals surface area (Å²) in [7, 11) is 0. The van der Waals surface area contributed by atoms with E-state index in [0.29, 0.717) is 18.2 Å². The molecule has 1 atom stereocenters. The molecule has 7 nitrogen and oxygen atoms in total. The van der Waals surface area contributed by atoms with Crippen molar-refractivity contribution in [3.63, 3.8) is 0 Å². The van der Waals surface area contributed by atoms with E-state index in [-0.39, 0.29) is 36.1 Å². The molecule has 27 heavy (non-hydrogen) atoms. The molecule has 1 saturated heterocycles. The predicted octanol–water partition coefficient (Wildman–Crippen LogP) is 2.63. The quantitative estimate of drug-likeness (QED) is 0.844. The Morgan fingerprint density at radius 2 is 2.11 bits per heavy atom. The van der Waals surface area contributed by atoms with Gasteiger partial charge in [0.2, 0.25) is 11.8 Å². The first kappa shape index (κ1) is 18.9. The Morgan fingerprint density at radius 3 is 2.85 bits per heavy atom. The molecule has 1 aromatic carbocycles. The van der Waals surface area contributed by atoms with Crippen LogP contribution in [0.15, 0.2) is 41.0 Å². The van der Waals surface area contributed by atoms with E-state index in [4.69, 9.17) is 9.15 Å². The van der Waals surface area contributed by atoms with Crippen LogP contribution in [0, 0.1) is 5.92 Å². The summed E-state index contributed by atoms with van der Waals surface area (Å²) in [6.07, 6.45) is 3.05. The van der Waals surface area contributed by atoms with Crippen molar-refractivity contribution >= 4 is 11.8 Å². The van der Waals surface area contributed by atoms with Gasteiger partial charge in [-0.3, -0.25) is 9.59 Å². The molecule has 144 valence electrons. The van der Waals surface area contributed by atoms with E-state index in [1.165, 1.54) is 6.26 Å². The lowest BCUT2D eigenvalue weighted by Gasteiger charge is -2.34. The number of nitrogens with one attached hydrogen (secondary N) is 1. The number of aromatic nitrogens is 1. The lowest BCUT2D eigenvalue weighted by atomic mass is 10.0. The second-order valence-electron chi connectivity index (χ2n) is 6.98. The maximum atomic E-state index is 12.4. The van der Waals surface area contributed by atoms with Crippen molar-refractivity contribution < 1.29 is 18.7 Å². The Kier molecular flexibility index (Phi) is 6.11. The Morgan fingerprint density at radius 1 is 1.33 bits per heavy atom. The van der Waals surface area contributed by atoms with Crippen LogP contribution in [0.5, 0.6) is 5.75 Å². The zero-order valence-corrected chi connectivity index (χ0v) is 15.7. The van der Waals surface area contributed by atoms with Gasteiger partial charge in [0.05, 0.1) is 0 Å². The van der Waals surface area contributed by atoms with Crippen LogP contribution in [0.25, 0.3) is 0 Å². The lowest BCUT2D eigenvalue weighted by Crippen LogP contribution is -2.50. The van der Waals surface area contributed by atoms with Gasteiger partial charge in [-0.05, 0) is 25.0 Å². The number of para-hydroxylation sites is 1. The van der Waals surface area contributed by atoms with E-state index >= 15 is 0 Å². The summed E-state index contributed by atoms with van der Waals surface area (Å²) < 4.78 is 10.9. The molecule has 1 fully saturated rings. The molecule has 0 unspecified atom stereocenters. The molecule has 2 aromatic rings. The first-order valence-electron chi connectivity index (χ1n) is 9.25. The normalized spacial score (nSPS) is 17.0. The van der Waals surface area contributed by atoms with Crippen LogP contribution in [0.4, 0.5) is 0 Å². The topological polar surface area (TPSA) is 84.7 Å². The number of oxazole rings is 1. The van der Waals surface area contributed by atoms with Crippen LogP contribution >= 0.6 is 0 Å². The zero-order valence-electron chi connectivity index (χ0n) is 15.7. The lowest BCUT2D eigenvalue weighted by molar-refractivity contribution is -0.135. The summed E-state index contributed by atoms with van der Waals surface area (Å²) in [5, 5.41) is 2.95. The SMILES string of the molecule is CC(C)C(=O)N1CCC[C@H](NC(=O)c2coc(COc3ccccc3)n2)C1. The maximum absolute atomic E-state index is 12.4. The fraction of sp³-hybridized carbons (Fsp3) is 0.450. The first-order chi connectivity index (χ1) is 13.0. The number of hydrogen-bond acceptors (Lipinski definition) is 5. The van der Waals surface area contributed by atoms with E-state index in [2.05, 4.69) is 10.3 Å². The number of carbonyl (C=O) groups excluding carboxylic acids is 2. The number of amides is 2. The van der Waals surface area contributed by atoms with Crippen LogP contribution < -0.4 is 10.1 Å². The monoisotopic (exact) mass is 371 g/mol. The smallest absolute Gasteiger partial charge is 0.273 e. The number of nitrogens with zero attached hydrogens (tertiary/aromatic N) is 2. The predicted molar refractivity (Wildman–Crippen MR) is 99.2 cm³/mol. The molecule has 0 aliphatic carbocycles.